The Morgan fingerprint density at radius 2 is 2.06 bits per heavy atom. The summed E-state index contributed by atoms with van der Waals surface area (Å²) in [6.45, 7) is 3.62. The zero-order valence-electron chi connectivity index (χ0n) is 10.4. The summed E-state index contributed by atoms with van der Waals surface area (Å²) in [6, 6.07) is 1.85. The second-order valence-corrected chi connectivity index (χ2v) is 4.42. The highest BCUT2D eigenvalue weighted by Gasteiger charge is 2.22. The minimum Gasteiger partial charge on any atom is -0.480 e. The molecular formula is C13H18N2O2. The first-order chi connectivity index (χ1) is 8.22. The van der Waals surface area contributed by atoms with Crippen molar-refractivity contribution < 1.29 is 9.53 Å². The van der Waals surface area contributed by atoms with Gasteiger partial charge in [-0.2, -0.15) is 0 Å². The number of hydrogen-bond acceptors (Lipinski definition) is 3. The molecular weight excluding hydrogens is 216 g/mol. The Bertz CT molecular complexity index is 412. The van der Waals surface area contributed by atoms with Crippen molar-refractivity contribution in [3.63, 3.8) is 0 Å². The highest BCUT2D eigenvalue weighted by molar-refractivity contribution is 5.96. The van der Waals surface area contributed by atoms with Crippen molar-refractivity contribution in [1.29, 1.82) is 0 Å². The summed E-state index contributed by atoms with van der Waals surface area (Å²) in [6.07, 6.45) is 5.11. The Balaban J connectivity index is 2.25. The van der Waals surface area contributed by atoms with E-state index in [-0.39, 0.29) is 5.91 Å². The third kappa shape index (κ3) is 2.57. The average molecular weight is 234 g/mol. The number of hydrogen-bond donors (Lipinski definition) is 0. The molecule has 0 unspecified atom stereocenters. The lowest BCUT2D eigenvalue weighted by atomic mass is 10.1. The second-order valence-electron chi connectivity index (χ2n) is 4.42. The molecule has 1 aromatic rings. The predicted octanol–water partition coefficient (Wildman–Crippen LogP) is 2.02. The Morgan fingerprint density at radius 3 is 2.71 bits per heavy atom. The van der Waals surface area contributed by atoms with E-state index in [2.05, 4.69) is 4.98 Å². The van der Waals surface area contributed by atoms with Gasteiger partial charge in [0, 0.05) is 19.3 Å². The first-order valence-corrected chi connectivity index (χ1v) is 6.02. The minimum atomic E-state index is 0.0396. The van der Waals surface area contributed by atoms with Crippen LogP contribution in [-0.2, 0) is 0 Å². The number of rotatable bonds is 2. The maximum Gasteiger partial charge on any atom is 0.259 e. The molecule has 1 amide bonds. The van der Waals surface area contributed by atoms with Crippen molar-refractivity contribution in [3.05, 3.63) is 23.4 Å². The normalized spacial score (nSPS) is 15.8. The quantitative estimate of drug-likeness (QED) is 0.786. The Morgan fingerprint density at radius 1 is 1.35 bits per heavy atom. The molecule has 1 aliphatic heterocycles. The first kappa shape index (κ1) is 11.9. The number of piperidine rings is 1. The van der Waals surface area contributed by atoms with Gasteiger partial charge in [-0.05, 0) is 37.8 Å². The van der Waals surface area contributed by atoms with E-state index in [4.69, 9.17) is 4.74 Å². The molecule has 4 heteroatoms. The topological polar surface area (TPSA) is 42.4 Å². The third-order valence-electron chi connectivity index (χ3n) is 3.05. The van der Waals surface area contributed by atoms with Crippen LogP contribution in [0.5, 0.6) is 5.88 Å². The van der Waals surface area contributed by atoms with Crippen molar-refractivity contribution in [1.82, 2.24) is 9.88 Å². The molecule has 1 aromatic heterocycles. The van der Waals surface area contributed by atoms with Crippen molar-refractivity contribution in [3.8, 4) is 5.88 Å². The lowest BCUT2D eigenvalue weighted by Gasteiger charge is -2.27. The zero-order chi connectivity index (χ0) is 12.3. The van der Waals surface area contributed by atoms with Crippen LogP contribution in [0, 0.1) is 6.92 Å². The molecule has 0 atom stereocenters. The third-order valence-corrected chi connectivity index (χ3v) is 3.05. The van der Waals surface area contributed by atoms with Gasteiger partial charge in [0.05, 0.1) is 7.11 Å². The summed E-state index contributed by atoms with van der Waals surface area (Å²) < 4.78 is 5.15. The smallest absolute Gasteiger partial charge is 0.259 e. The number of carbonyl (C=O) groups is 1. The van der Waals surface area contributed by atoms with E-state index < -0.39 is 0 Å². The number of aryl methyl sites for hydroxylation is 1. The van der Waals surface area contributed by atoms with E-state index in [1.54, 1.807) is 13.3 Å². The number of amides is 1. The number of pyridine rings is 1. The van der Waals surface area contributed by atoms with Crippen molar-refractivity contribution in [2.45, 2.75) is 26.2 Å². The van der Waals surface area contributed by atoms with Crippen LogP contribution in [0.15, 0.2) is 12.3 Å². The van der Waals surface area contributed by atoms with Gasteiger partial charge in [0.15, 0.2) is 0 Å². The standard InChI is InChI=1S/C13H18N2O2/c1-10-8-11(12(17-2)14-9-10)13(16)15-6-4-3-5-7-15/h8-9H,3-7H2,1-2H3. The van der Waals surface area contributed by atoms with E-state index in [1.807, 2.05) is 17.9 Å². The van der Waals surface area contributed by atoms with Crippen molar-refractivity contribution in [2.24, 2.45) is 0 Å². The van der Waals surface area contributed by atoms with Gasteiger partial charge in [-0.1, -0.05) is 0 Å². The molecule has 92 valence electrons. The maximum atomic E-state index is 12.3. The fourth-order valence-electron chi connectivity index (χ4n) is 2.14. The van der Waals surface area contributed by atoms with Gasteiger partial charge in [0.2, 0.25) is 5.88 Å². The Kier molecular flexibility index (Phi) is 3.61. The van der Waals surface area contributed by atoms with Crippen LogP contribution in [0.25, 0.3) is 0 Å². The number of nitrogens with zero attached hydrogens (tertiary/aromatic N) is 2. The van der Waals surface area contributed by atoms with Gasteiger partial charge in [-0.3, -0.25) is 4.79 Å². The van der Waals surface area contributed by atoms with Crippen LogP contribution in [0.4, 0.5) is 0 Å². The molecule has 1 fully saturated rings. The van der Waals surface area contributed by atoms with Crippen LogP contribution in [0.3, 0.4) is 0 Å². The molecule has 1 aliphatic rings. The molecule has 0 aliphatic carbocycles. The predicted molar refractivity (Wildman–Crippen MR) is 65.3 cm³/mol. The van der Waals surface area contributed by atoms with Crippen LogP contribution in [0.1, 0.15) is 35.2 Å². The molecule has 2 rings (SSSR count). The Labute approximate surface area is 102 Å². The lowest BCUT2D eigenvalue weighted by molar-refractivity contribution is 0.0720. The molecule has 4 nitrogen and oxygen atoms in total. The SMILES string of the molecule is COc1ncc(C)cc1C(=O)N1CCCCC1. The molecule has 0 radical (unpaired) electrons. The molecule has 0 N–H and O–H groups in total. The molecule has 17 heavy (non-hydrogen) atoms. The van der Waals surface area contributed by atoms with Gasteiger partial charge in [0.1, 0.15) is 5.56 Å². The Hall–Kier alpha value is -1.58. The first-order valence-electron chi connectivity index (χ1n) is 6.02. The monoisotopic (exact) mass is 234 g/mol. The van der Waals surface area contributed by atoms with E-state index in [0.717, 1.165) is 31.5 Å². The van der Waals surface area contributed by atoms with E-state index in [0.29, 0.717) is 11.4 Å². The molecule has 0 saturated carbocycles. The molecule has 1 saturated heterocycles. The fourth-order valence-corrected chi connectivity index (χ4v) is 2.14. The van der Waals surface area contributed by atoms with Gasteiger partial charge >= 0.3 is 0 Å². The van der Waals surface area contributed by atoms with Crippen molar-refractivity contribution >= 4 is 5.91 Å². The summed E-state index contributed by atoms with van der Waals surface area (Å²) >= 11 is 0. The van der Waals surface area contributed by atoms with E-state index >= 15 is 0 Å². The van der Waals surface area contributed by atoms with Crippen LogP contribution in [-0.4, -0.2) is 36.0 Å². The van der Waals surface area contributed by atoms with Crippen LogP contribution in [0.2, 0.25) is 0 Å². The molecule has 0 aromatic carbocycles. The van der Waals surface area contributed by atoms with Gasteiger partial charge in [0.25, 0.3) is 5.91 Å². The summed E-state index contributed by atoms with van der Waals surface area (Å²) in [5.74, 6) is 0.462. The highest BCUT2D eigenvalue weighted by atomic mass is 16.5. The van der Waals surface area contributed by atoms with Crippen LogP contribution >= 0.6 is 0 Å². The van der Waals surface area contributed by atoms with Gasteiger partial charge in [-0.15, -0.1) is 0 Å². The molecule has 2 heterocycles. The van der Waals surface area contributed by atoms with Crippen LogP contribution < -0.4 is 4.74 Å². The highest BCUT2D eigenvalue weighted by Crippen LogP contribution is 2.20. The van der Waals surface area contributed by atoms with Crippen molar-refractivity contribution in [2.75, 3.05) is 20.2 Å². The number of methoxy groups -OCH3 is 1. The second kappa shape index (κ2) is 5.17. The molecule has 0 bridgehead atoms. The van der Waals surface area contributed by atoms with Gasteiger partial charge < -0.3 is 9.64 Å². The number of carbonyl (C=O) groups excluding carboxylic acids is 1. The summed E-state index contributed by atoms with van der Waals surface area (Å²) in [4.78, 5) is 18.4. The van der Waals surface area contributed by atoms with E-state index in [1.165, 1.54) is 6.42 Å². The largest absolute Gasteiger partial charge is 0.480 e. The zero-order valence-corrected chi connectivity index (χ0v) is 10.4. The minimum absolute atomic E-state index is 0.0396. The van der Waals surface area contributed by atoms with E-state index in [9.17, 15) is 4.79 Å². The summed E-state index contributed by atoms with van der Waals surface area (Å²) in [5.41, 5.74) is 1.56. The van der Waals surface area contributed by atoms with Gasteiger partial charge in [-0.25, -0.2) is 4.98 Å². The maximum absolute atomic E-state index is 12.3. The lowest BCUT2D eigenvalue weighted by Crippen LogP contribution is -2.35. The number of aromatic nitrogens is 1. The summed E-state index contributed by atoms with van der Waals surface area (Å²) in [5, 5.41) is 0. The average Bonchev–Trinajstić information content (AvgIpc) is 2.39. The number of ether oxygens (including phenoxy) is 1. The summed E-state index contributed by atoms with van der Waals surface area (Å²) in [7, 11) is 1.55. The fraction of sp³-hybridized carbons (Fsp3) is 0.538. The molecule has 0 spiro atoms. The number of likely N-dealkylation sites (tertiary alicyclic amines) is 1.